The van der Waals surface area contributed by atoms with E-state index in [0.29, 0.717) is 11.6 Å². The molecule has 3 nitrogen and oxygen atoms in total. The molecule has 0 bridgehead atoms. The van der Waals surface area contributed by atoms with E-state index in [1.54, 1.807) is 6.07 Å². The molecule has 1 aromatic rings. The van der Waals surface area contributed by atoms with Crippen LogP contribution in [0.5, 0.6) is 0 Å². The summed E-state index contributed by atoms with van der Waals surface area (Å²) in [6.07, 6.45) is 0. The second-order valence-electron chi connectivity index (χ2n) is 4.61. The van der Waals surface area contributed by atoms with Gasteiger partial charge in [0, 0.05) is 36.2 Å². The summed E-state index contributed by atoms with van der Waals surface area (Å²) in [6, 6.07) is 5.03. The van der Waals surface area contributed by atoms with Crippen molar-refractivity contribution >= 4 is 17.6 Å². The third-order valence-electron chi connectivity index (χ3n) is 3.24. The summed E-state index contributed by atoms with van der Waals surface area (Å²) >= 11 is 1.96. The summed E-state index contributed by atoms with van der Waals surface area (Å²) < 4.78 is 13.2. The molecule has 1 aliphatic rings. The molecular weight excluding hydrogens is 249 g/mol. The number of benzene rings is 1. The van der Waals surface area contributed by atoms with Crippen molar-refractivity contribution in [3.63, 3.8) is 0 Å². The number of nitrogen functional groups attached to an aromatic ring is 1. The molecule has 18 heavy (non-hydrogen) atoms. The van der Waals surface area contributed by atoms with Gasteiger partial charge in [0.1, 0.15) is 11.7 Å². The highest BCUT2D eigenvalue weighted by molar-refractivity contribution is 7.99. The van der Waals surface area contributed by atoms with Gasteiger partial charge < -0.3 is 5.73 Å². The third-order valence-corrected chi connectivity index (χ3v) is 4.43. The van der Waals surface area contributed by atoms with Crippen molar-refractivity contribution in [3.8, 4) is 0 Å². The third kappa shape index (κ3) is 3.03. The summed E-state index contributed by atoms with van der Waals surface area (Å²) in [7, 11) is 0. The fourth-order valence-corrected chi connectivity index (χ4v) is 3.23. The number of nitrogens with two attached hydrogens (primary N) is 1. The topological polar surface area (TPSA) is 53.1 Å². The second-order valence-corrected chi connectivity index (χ2v) is 5.76. The molecule has 1 unspecified atom stereocenters. The van der Waals surface area contributed by atoms with Crippen LogP contribution in [0.15, 0.2) is 18.2 Å². The molecular formula is C13H18FN3S. The first-order valence-corrected chi connectivity index (χ1v) is 7.18. The highest BCUT2D eigenvalue weighted by Gasteiger charge is 2.20. The van der Waals surface area contributed by atoms with E-state index >= 15 is 0 Å². The standard InChI is InChI=1S/C13H18FN3S/c1-9-8-18-5-4-17(9)7-10-2-3-11(14)6-12(10)13(15)16/h2-3,6,9H,4-5,7-8H2,1H3,(H3,15,16). The van der Waals surface area contributed by atoms with E-state index in [4.69, 9.17) is 11.1 Å². The lowest BCUT2D eigenvalue weighted by Crippen LogP contribution is -2.40. The maximum Gasteiger partial charge on any atom is 0.123 e. The van der Waals surface area contributed by atoms with Crippen LogP contribution in [-0.2, 0) is 6.54 Å². The number of hydrogen-bond donors (Lipinski definition) is 2. The Hall–Kier alpha value is -1.07. The van der Waals surface area contributed by atoms with Crippen LogP contribution in [0, 0.1) is 11.2 Å². The molecule has 1 saturated heterocycles. The van der Waals surface area contributed by atoms with E-state index in [9.17, 15) is 4.39 Å². The molecule has 1 atom stereocenters. The quantitative estimate of drug-likeness (QED) is 0.651. The number of amidine groups is 1. The number of thioether (sulfide) groups is 1. The van der Waals surface area contributed by atoms with Crippen LogP contribution in [0.4, 0.5) is 4.39 Å². The number of nitrogens with one attached hydrogen (secondary N) is 1. The summed E-state index contributed by atoms with van der Waals surface area (Å²) in [5.74, 6) is 1.84. The molecule has 0 aliphatic carbocycles. The molecule has 5 heteroatoms. The Morgan fingerprint density at radius 1 is 1.61 bits per heavy atom. The van der Waals surface area contributed by atoms with E-state index in [0.717, 1.165) is 30.2 Å². The Kier molecular flexibility index (Phi) is 4.24. The molecule has 0 spiro atoms. The molecule has 0 aromatic heterocycles. The highest BCUT2D eigenvalue weighted by Crippen LogP contribution is 2.20. The van der Waals surface area contributed by atoms with Gasteiger partial charge in [-0.25, -0.2) is 4.39 Å². The summed E-state index contributed by atoms with van der Waals surface area (Å²) in [5, 5.41) is 7.53. The smallest absolute Gasteiger partial charge is 0.123 e. The fraction of sp³-hybridized carbons (Fsp3) is 0.462. The monoisotopic (exact) mass is 267 g/mol. The first kappa shape index (κ1) is 13.4. The van der Waals surface area contributed by atoms with Gasteiger partial charge in [0.2, 0.25) is 0 Å². The van der Waals surface area contributed by atoms with Crippen LogP contribution >= 0.6 is 11.8 Å². The predicted molar refractivity (Wildman–Crippen MR) is 74.6 cm³/mol. The van der Waals surface area contributed by atoms with Crippen LogP contribution in [0.25, 0.3) is 0 Å². The Balaban J connectivity index is 2.20. The summed E-state index contributed by atoms with van der Waals surface area (Å²) in [6.45, 7) is 3.96. The molecule has 0 saturated carbocycles. The summed E-state index contributed by atoms with van der Waals surface area (Å²) in [4.78, 5) is 2.36. The van der Waals surface area contributed by atoms with Crippen LogP contribution in [0.2, 0.25) is 0 Å². The van der Waals surface area contributed by atoms with E-state index in [1.807, 2.05) is 11.8 Å². The minimum absolute atomic E-state index is 0.0662. The maximum absolute atomic E-state index is 13.2. The van der Waals surface area contributed by atoms with Gasteiger partial charge in [0.15, 0.2) is 0 Å². The lowest BCUT2D eigenvalue weighted by Gasteiger charge is -2.33. The van der Waals surface area contributed by atoms with Crippen molar-refractivity contribution in [1.82, 2.24) is 4.90 Å². The van der Waals surface area contributed by atoms with Crippen LogP contribution in [-0.4, -0.2) is 34.8 Å². The molecule has 1 aliphatic heterocycles. The van der Waals surface area contributed by atoms with E-state index in [1.165, 1.54) is 12.1 Å². The molecule has 0 amide bonds. The predicted octanol–water partition coefficient (Wildman–Crippen LogP) is 2.05. The normalized spacial score (nSPS) is 20.9. The molecule has 98 valence electrons. The fourth-order valence-electron chi connectivity index (χ4n) is 2.15. The van der Waals surface area contributed by atoms with Crippen molar-refractivity contribution < 1.29 is 4.39 Å². The van der Waals surface area contributed by atoms with Gasteiger partial charge in [0.05, 0.1) is 0 Å². The minimum Gasteiger partial charge on any atom is -0.384 e. The Labute approximate surface area is 111 Å². The molecule has 3 N–H and O–H groups in total. The van der Waals surface area contributed by atoms with Crippen molar-refractivity contribution in [2.45, 2.75) is 19.5 Å². The SMILES string of the molecule is CC1CSCCN1Cc1ccc(F)cc1C(=N)N. The zero-order chi connectivity index (χ0) is 13.1. The number of halogens is 1. The highest BCUT2D eigenvalue weighted by atomic mass is 32.2. The molecule has 1 aromatic carbocycles. The van der Waals surface area contributed by atoms with Gasteiger partial charge in [-0.3, -0.25) is 10.3 Å². The first-order valence-electron chi connectivity index (χ1n) is 6.02. The maximum atomic E-state index is 13.2. The Morgan fingerprint density at radius 3 is 3.06 bits per heavy atom. The van der Waals surface area contributed by atoms with Crippen molar-refractivity contribution in [2.75, 3.05) is 18.1 Å². The van der Waals surface area contributed by atoms with Gasteiger partial charge >= 0.3 is 0 Å². The van der Waals surface area contributed by atoms with Crippen LogP contribution in [0.1, 0.15) is 18.1 Å². The van der Waals surface area contributed by atoms with Crippen molar-refractivity contribution in [3.05, 3.63) is 35.1 Å². The average Bonchev–Trinajstić information content (AvgIpc) is 2.34. The largest absolute Gasteiger partial charge is 0.384 e. The number of hydrogen-bond acceptors (Lipinski definition) is 3. The minimum atomic E-state index is -0.341. The zero-order valence-corrected chi connectivity index (χ0v) is 11.3. The van der Waals surface area contributed by atoms with Crippen molar-refractivity contribution in [2.24, 2.45) is 5.73 Å². The number of nitrogens with zero attached hydrogens (tertiary/aromatic N) is 1. The van der Waals surface area contributed by atoms with Gasteiger partial charge in [0.25, 0.3) is 0 Å². The molecule has 2 rings (SSSR count). The van der Waals surface area contributed by atoms with E-state index in [2.05, 4.69) is 11.8 Å². The van der Waals surface area contributed by atoms with Crippen LogP contribution < -0.4 is 5.73 Å². The second kappa shape index (κ2) is 5.71. The lowest BCUT2D eigenvalue weighted by atomic mass is 10.1. The Bertz CT molecular complexity index is 450. The zero-order valence-electron chi connectivity index (χ0n) is 10.4. The molecule has 1 fully saturated rings. The summed E-state index contributed by atoms with van der Waals surface area (Å²) in [5.41, 5.74) is 6.96. The Morgan fingerprint density at radius 2 is 2.39 bits per heavy atom. The lowest BCUT2D eigenvalue weighted by molar-refractivity contribution is 0.224. The van der Waals surface area contributed by atoms with Gasteiger partial charge in [-0.1, -0.05) is 6.07 Å². The van der Waals surface area contributed by atoms with E-state index < -0.39 is 0 Å². The molecule has 1 heterocycles. The van der Waals surface area contributed by atoms with Gasteiger partial charge in [-0.05, 0) is 24.6 Å². The average molecular weight is 267 g/mol. The number of rotatable bonds is 3. The van der Waals surface area contributed by atoms with E-state index in [-0.39, 0.29) is 11.7 Å². The van der Waals surface area contributed by atoms with Crippen LogP contribution in [0.3, 0.4) is 0 Å². The van der Waals surface area contributed by atoms with Crippen molar-refractivity contribution in [1.29, 1.82) is 5.41 Å². The van der Waals surface area contributed by atoms with Gasteiger partial charge in [-0.15, -0.1) is 0 Å². The molecule has 0 radical (unpaired) electrons. The first-order chi connectivity index (χ1) is 8.58. The van der Waals surface area contributed by atoms with Gasteiger partial charge in [-0.2, -0.15) is 11.8 Å².